The smallest absolute Gasteiger partial charge is 0.338 e. The molecule has 0 spiro atoms. The molecule has 1 saturated heterocycles. The molecule has 7 heteroatoms. The maximum absolute atomic E-state index is 12.5. The van der Waals surface area contributed by atoms with E-state index in [0.29, 0.717) is 23.6 Å². The van der Waals surface area contributed by atoms with Crippen LogP contribution in [0.3, 0.4) is 0 Å². The van der Waals surface area contributed by atoms with Gasteiger partial charge in [0.1, 0.15) is 5.76 Å². The normalized spacial score (nSPS) is 17.2. The van der Waals surface area contributed by atoms with Gasteiger partial charge < -0.3 is 9.15 Å². The summed E-state index contributed by atoms with van der Waals surface area (Å²) in [7, 11) is 0. The minimum atomic E-state index is -0.595. The highest BCUT2D eigenvalue weighted by atomic mass is 16.5. The maximum Gasteiger partial charge on any atom is 0.338 e. The van der Waals surface area contributed by atoms with Crippen LogP contribution in [0.4, 0.5) is 5.69 Å². The zero-order chi connectivity index (χ0) is 17.8. The molecule has 0 radical (unpaired) electrons. The quantitative estimate of drug-likeness (QED) is 0.637. The summed E-state index contributed by atoms with van der Waals surface area (Å²) in [5.41, 5.74) is 0.808. The third-order valence-corrected chi connectivity index (χ3v) is 3.89. The highest BCUT2D eigenvalue weighted by molar-refractivity contribution is 6.22. The number of carbonyl (C=O) groups is 3. The van der Waals surface area contributed by atoms with Crippen molar-refractivity contribution in [1.82, 2.24) is 5.32 Å². The van der Waals surface area contributed by atoms with Gasteiger partial charge in [0.25, 0.3) is 5.91 Å². The van der Waals surface area contributed by atoms with E-state index in [2.05, 4.69) is 5.32 Å². The van der Waals surface area contributed by atoms with Crippen molar-refractivity contribution in [1.29, 1.82) is 0 Å². The van der Waals surface area contributed by atoms with Crippen LogP contribution in [0.1, 0.15) is 29.5 Å². The van der Waals surface area contributed by atoms with Gasteiger partial charge in [-0.05, 0) is 43.3 Å². The van der Waals surface area contributed by atoms with Gasteiger partial charge in [0.2, 0.25) is 5.91 Å². The molecule has 0 unspecified atom stereocenters. The summed E-state index contributed by atoms with van der Waals surface area (Å²) in [6, 6.07) is 9.17. The lowest BCUT2D eigenvalue weighted by molar-refractivity contribution is -0.121. The van der Waals surface area contributed by atoms with Crippen LogP contribution < -0.4 is 10.2 Å². The van der Waals surface area contributed by atoms with Gasteiger partial charge in [-0.3, -0.25) is 14.9 Å². The molecule has 1 aromatic heterocycles. The summed E-state index contributed by atoms with van der Waals surface area (Å²) < 4.78 is 10.1. The molecule has 1 aliphatic heterocycles. The van der Waals surface area contributed by atoms with Crippen molar-refractivity contribution >= 4 is 23.5 Å². The SMILES string of the molecule is CCOC(=O)c1ccc(N2C(=O)C[C@H](NCc3ccco3)C2=O)cc1. The number of amides is 2. The highest BCUT2D eigenvalue weighted by Crippen LogP contribution is 2.23. The second-order valence-corrected chi connectivity index (χ2v) is 5.55. The zero-order valence-electron chi connectivity index (χ0n) is 13.7. The molecule has 3 rings (SSSR count). The first-order valence-electron chi connectivity index (χ1n) is 8.00. The van der Waals surface area contributed by atoms with Crippen LogP contribution in [0.15, 0.2) is 47.1 Å². The minimum absolute atomic E-state index is 0.0825. The Labute approximate surface area is 144 Å². The summed E-state index contributed by atoms with van der Waals surface area (Å²) in [5, 5.41) is 3.03. The average Bonchev–Trinajstić information content (AvgIpc) is 3.21. The predicted octanol–water partition coefficient (Wildman–Crippen LogP) is 1.88. The van der Waals surface area contributed by atoms with Gasteiger partial charge in [0, 0.05) is 0 Å². The first kappa shape index (κ1) is 16.9. The van der Waals surface area contributed by atoms with E-state index in [0.717, 1.165) is 4.90 Å². The Morgan fingerprint density at radius 3 is 2.68 bits per heavy atom. The first-order valence-corrected chi connectivity index (χ1v) is 8.00. The number of hydrogen-bond acceptors (Lipinski definition) is 6. The molecule has 0 aliphatic carbocycles. The molecule has 130 valence electrons. The zero-order valence-corrected chi connectivity index (χ0v) is 13.7. The van der Waals surface area contributed by atoms with E-state index < -0.39 is 12.0 Å². The molecule has 25 heavy (non-hydrogen) atoms. The fourth-order valence-corrected chi connectivity index (χ4v) is 2.66. The summed E-state index contributed by atoms with van der Waals surface area (Å²) >= 11 is 0. The lowest BCUT2D eigenvalue weighted by Crippen LogP contribution is -2.38. The molecule has 7 nitrogen and oxygen atoms in total. The summed E-state index contributed by atoms with van der Waals surface area (Å²) in [4.78, 5) is 37.5. The standard InChI is InChI=1S/C18H18N2O5/c1-2-24-18(23)12-5-7-13(8-6-12)20-16(21)10-15(17(20)22)19-11-14-4-3-9-25-14/h3-9,15,19H,2,10-11H2,1H3/t15-/m0/s1. The second-order valence-electron chi connectivity index (χ2n) is 5.55. The van der Waals surface area contributed by atoms with E-state index in [1.54, 1.807) is 37.5 Å². The number of furan rings is 1. The molecule has 2 heterocycles. The molecule has 2 aromatic rings. The fourth-order valence-electron chi connectivity index (χ4n) is 2.66. The van der Waals surface area contributed by atoms with Crippen molar-refractivity contribution in [2.75, 3.05) is 11.5 Å². The third-order valence-electron chi connectivity index (χ3n) is 3.89. The van der Waals surface area contributed by atoms with Crippen LogP contribution in [0, 0.1) is 0 Å². The maximum atomic E-state index is 12.5. The van der Waals surface area contributed by atoms with E-state index in [9.17, 15) is 14.4 Å². The van der Waals surface area contributed by atoms with Gasteiger partial charge in [0.15, 0.2) is 0 Å². The summed E-state index contributed by atoms with van der Waals surface area (Å²) in [6.07, 6.45) is 1.63. The highest BCUT2D eigenvalue weighted by Gasteiger charge is 2.39. The first-order chi connectivity index (χ1) is 12.1. The van der Waals surface area contributed by atoms with E-state index in [-0.39, 0.29) is 24.8 Å². The molecule has 1 aromatic carbocycles. The summed E-state index contributed by atoms with van der Waals surface area (Å²) in [5.74, 6) is -0.352. The van der Waals surface area contributed by atoms with Gasteiger partial charge >= 0.3 is 5.97 Å². The number of ether oxygens (including phenoxy) is 1. The Kier molecular flexibility index (Phi) is 4.95. The number of anilines is 1. The molecular weight excluding hydrogens is 324 g/mol. The summed E-state index contributed by atoms with van der Waals surface area (Å²) in [6.45, 7) is 2.38. The van der Waals surface area contributed by atoms with Crippen molar-refractivity contribution in [3.05, 3.63) is 54.0 Å². The Hall–Kier alpha value is -2.93. The molecule has 1 fully saturated rings. The monoisotopic (exact) mass is 342 g/mol. The van der Waals surface area contributed by atoms with Crippen molar-refractivity contribution in [3.8, 4) is 0 Å². The van der Waals surface area contributed by atoms with Crippen molar-refractivity contribution in [2.24, 2.45) is 0 Å². The average molecular weight is 342 g/mol. The molecule has 1 N–H and O–H groups in total. The van der Waals surface area contributed by atoms with Crippen molar-refractivity contribution in [3.63, 3.8) is 0 Å². The number of rotatable bonds is 6. The molecule has 0 bridgehead atoms. The van der Waals surface area contributed by atoms with Crippen LogP contribution in [-0.2, 0) is 20.9 Å². The number of nitrogens with zero attached hydrogens (tertiary/aromatic N) is 1. The predicted molar refractivity (Wildman–Crippen MR) is 88.8 cm³/mol. The molecular formula is C18H18N2O5. The molecule has 2 amide bonds. The van der Waals surface area contributed by atoms with Gasteiger partial charge in [0.05, 0.1) is 43.1 Å². The number of benzene rings is 1. The largest absolute Gasteiger partial charge is 0.468 e. The number of imide groups is 1. The Balaban J connectivity index is 1.68. The lowest BCUT2D eigenvalue weighted by atomic mass is 10.2. The van der Waals surface area contributed by atoms with E-state index in [1.165, 1.54) is 12.1 Å². The number of esters is 1. The van der Waals surface area contributed by atoms with E-state index >= 15 is 0 Å². The van der Waals surface area contributed by atoms with Crippen LogP contribution in [0.2, 0.25) is 0 Å². The number of carbonyl (C=O) groups excluding carboxylic acids is 3. The topological polar surface area (TPSA) is 88.8 Å². The van der Waals surface area contributed by atoms with Gasteiger partial charge in [-0.1, -0.05) is 0 Å². The molecule has 1 aliphatic rings. The van der Waals surface area contributed by atoms with Crippen LogP contribution in [-0.4, -0.2) is 30.4 Å². The van der Waals surface area contributed by atoms with Crippen molar-refractivity contribution < 1.29 is 23.5 Å². The molecule has 1 atom stereocenters. The second kappa shape index (κ2) is 7.31. The third kappa shape index (κ3) is 3.61. The Morgan fingerprint density at radius 2 is 2.04 bits per heavy atom. The van der Waals surface area contributed by atoms with Crippen LogP contribution in [0.5, 0.6) is 0 Å². The minimum Gasteiger partial charge on any atom is -0.468 e. The Bertz CT molecular complexity index is 767. The van der Waals surface area contributed by atoms with Crippen LogP contribution in [0.25, 0.3) is 0 Å². The lowest BCUT2D eigenvalue weighted by Gasteiger charge is -2.15. The number of hydrogen-bond donors (Lipinski definition) is 1. The fraction of sp³-hybridized carbons (Fsp3) is 0.278. The Morgan fingerprint density at radius 1 is 1.28 bits per heavy atom. The van der Waals surface area contributed by atoms with Gasteiger partial charge in [-0.25, -0.2) is 9.69 Å². The van der Waals surface area contributed by atoms with Gasteiger partial charge in [-0.15, -0.1) is 0 Å². The van der Waals surface area contributed by atoms with E-state index in [1.807, 2.05) is 0 Å². The van der Waals surface area contributed by atoms with Crippen LogP contribution >= 0.6 is 0 Å². The van der Waals surface area contributed by atoms with E-state index in [4.69, 9.17) is 9.15 Å². The van der Waals surface area contributed by atoms with Gasteiger partial charge in [-0.2, -0.15) is 0 Å². The van der Waals surface area contributed by atoms with Crippen molar-refractivity contribution in [2.45, 2.75) is 25.9 Å². The molecule has 0 saturated carbocycles. The number of nitrogens with one attached hydrogen (secondary N) is 1.